The van der Waals surface area contributed by atoms with Crippen LogP contribution in [0.4, 0.5) is 0 Å². The summed E-state index contributed by atoms with van der Waals surface area (Å²) in [4.78, 5) is 21.7. The SMILES string of the molecule is CCN(CCC(=O)O)S(=O)(=O)c1ccc(C(C)=O)cc1. The lowest BCUT2D eigenvalue weighted by molar-refractivity contribution is -0.137. The van der Waals surface area contributed by atoms with Crippen LogP contribution in [0.3, 0.4) is 0 Å². The van der Waals surface area contributed by atoms with Crippen molar-refractivity contribution in [3.05, 3.63) is 29.8 Å². The van der Waals surface area contributed by atoms with Crippen LogP contribution in [0.25, 0.3) is 0 Å². The molecule has 1 rings (SSSR count). The van der Waals surface area contributed by atoms with Crippen LogP contribution in [-0.2, 0) is 14.8 Å². The van der Waals surface area contributed by atoms with Crippen molar-refractivity contribution in [2.45, 2.75) is 25.2 Å². The fourth-order valence-corrected chi connectivity index (χ4v) is 3.13. The van der Waals surface area contributed by atoms with Crippen molar-refractivity contribution in [2.75, 3.05) is 13.1 Å². The van der Waals surface area contributed by atoms with Crippen LogP contribution in [-0.4, -0.2) is 42.7 Å². The molecule has 1 aromatic carbocycles. The molecule has 110 valence electrons. The van der Waals surface area contributed by atoms with E-state index >= 15 is 0 Å². The minimum absolute atomic E-state index is 0.0507. The first-order valence-electron chi connectivity index (χ1n) is 6.12. The fourth-order valence-electron chi connectivity index (χ4n) is 1.68. The largest absolute Gasteiger partial charge is 0.481 e. The van der Waals surface area contributed by atoms with Crippen molar-refractivity contribution >= 4 is 21.8 Å². The van der Waals surface area contributed by atoms with Gasteiger partial charge in [-0.1, -0.05) is 19.1 Å². The van der Waals surface area contributed by atoms with Gasteiger partial charge in [0.15, 0.2) is 5.78 Å². The lowest BCUT2D eigenvalue weighted by Crippen LogP contribution is -2.32. The topological polar surface area (TPSA) is 91.8 Å². The minimum Gasteiger partial charge on any atom is -0.481 e. The Bertz CT molecular complexity index is 592. The van der Waals surface area contributed by atoms with E-state index in [9.17, 15) is 18.0 Å². The maximum absolute atomic E-state index is 12.3. The van der Waals surface area contributed by atoms with Crippen LogP contribution in [0, 0.1) is 0 Å². The molecule has 20 heavy (non-hydrogen) atoms. The Morgan fingerprint density at radius 1 is 1.20 bits per heavy atom. The molecule has 0 saturated carbocycles. The molecule has 0 radical (unpaired) electrons. The van der Waals surface area contributed by atoms with Gasteiger partial charge in [-0.15, -0.1) is 0 Å². The van der Waals surface area contributed by atoms with E-state index in [1.807, 2.05) is 0 Å². The average molecular weight is 299 g/mol. The molecule has 0 aliphatic heterocycles. The number of benzene rings is 1. The third kappa shape index (κ3) is 3.88. The second kappa shape index (κ2) is 6.62. The number of hydrogen-bond acceptors (Lipinski definition) is 4. The van der Waals surface area contributed by atoms with Gasteiger partial charge in [-0.3, -0.25) is 9.59 Å². The van der Waals surface area contributed by atoms with Crippen LogP contribution in [0.5, 0.6) is 0 Å². The summed E-state index contributed by atoms with van der Waals surface area (Å²) in [5, 5.41) is 8.63. The molecule has 1 N–H and O–H groups in total. The number of ketones is 1. The summed E-state index contributed by atoms with van der Waals surface area (Å²) in [5.74, 6) is -1.20. The Balaban J connectivity index is 3.01. The zero-order valence-corrected chi connectivity index (χ0v) is 12.2. The third-order valence-corrected chi connectivity index (χ3v) is 4.81. The highest BCUT2D eigenvalue weighted by atomic mass is 32.2. The number of nitrogens with zero attached hydrogens (tertiary/aromatic N) is 1. The lowest BCUT2D eigenvalue weighted by atomic mass is 10.2. The molecule has 0 saturated heterocycles. The highest BCUT2D eigenvalue weighted by Crippen LogP contribution is 2.17. The van der Waals surface area contributed by atoms with Gasteiger partial charge < -0.3 is 5.11 Å². The van der Waals surface area contributed by atoms with Gasteiger partial charge in [0.05, 0.1) is 11.3 Å². The minimum atomic E-state index is -3.73. The summed E-state index contributed by atoms with van der Waals surface area (Å²) in [7, 11) is -3.73. The molecule has 0 spiro atoms. The molecule has 0 atom stereocenters. The first kappa shape index (κ1) is 16.3. The zero-order valence-electron chi connectivity index (χ0n) is 11.4. The highest BCUT2D eigenvalue weighted by molar-refractivity contribution is 7.89. The molecule has 1 aromatic rings. The Morgan fingerprint density at radius 2 is 1.75 bits per heavy atom. The van der Waals surface area contributed by atoms with Gasteiger partial charge in [0.25, 0.3) is 0 Å². The van der Waals surface area contributed by atoms with Crippen molar-refractivity contribution < 1.29 is 23.1 Å². The van der Waals surface area contributed by atoms with E-state index in [0.29, 0.717) is 5.56 Å². The number of carboxylic acids is 1. The third-order valence-electron chi connectivity index (χ3n) is 2.83. The maximum Gasteiger partial charge on any atom is 0.304 e. The van der Waals surface area contributed by atoms with Crippen LogP contribution in [0.1, 0.15) is 30.6 Å². The Kier molecular flexibility index (Phi) is 5.41. The molecule has 0 aliphatic rings. The smallest absolute Gasteiger partial charge is 0.304 e. The number of sulfonamides is 1. The summed E-state index contributed by atoms with van der Waals surface area (Å²) in [6.45, 7) is 3.14. The van der Waals surface area contributed by atoms with Crippen molar-refractivity contribution in [3.8, 4) is 0 Å². The van der Waals surface area contributed by atoms with Crippen molar-refractivity contribution in [1.82, 2.24) is 4.31 Å². The predicted molar refractivity (Wildman–Crippen MR) is 73.1 cm³/mol. The number of rotatable bonds is 7. The summed E-state index contributed by atoms with van der Waals surface area (Å²) >= 11 is 0. The number of carboxylic acid groups (broad SMARTS) is 1. The second-order valence-corrected chi connectivity index (χ2v) is 6.16. The molecular weight excluding hydrogens is 282 g/mol. The molecule has 6 nitrogen and oxygen atoms in total. The molecule has 0 unspecified atom stereocenters. The molecule has 7 heteroatoms. The van der Waals surface area contributed by atoms with E-state index in [1.165, 1.54) is 31.2 Å². The molecule has 0 fully saturated rings. The Hall–Kier alpha value is -1.73. The molecule has 0 aromatic heterocycles. The normalized spacial score (nSPS) is 11.6. The van der Waals surface area contributed by atoms with Crippen molar-refractivity contribution in [2.24, 2.45) is 0 Å². The maximum atomic E-state index is 12.3. The number of aliphatic carboxylic acids is 1. The first-order chi connectivity index (χ1) is 9.28. The number of Topliss-reactive ketones (excluding diaryl/α,β-unsaturated/α-hetero) is 1. The van der Waals surface area contributed by atoms with Gasteiger partial charge in [0.1, 0.15) is 0 Å². The molecular formula is C13H17NO5S. The van der Waals surface area contributed by atoms with Gasteiger partial charge in [0, 0.05) is 18.7 Å². The predicted octanol–water partition coefficient (Wildman–Crippen LogP) is 1.37. The summed E-state index contributed by atoms with van der Waals surface area (Å²) in [6, 6.07) is 5.60. The van der Waals surface area contributed by atoms with E-state index < -0.39 is 16.0 Å². The second-order valence-electron chi connectivity index (χ2n) is 4.22. The molecule has 0 bridgehead atoms. The zero-order chi connectivity index (χ0) is 15.3. The Morgan fingerprint density at radius 3 is 2.15 bits per heavy atom. The van der Waals surface area contributed by atoms with Crippen LogP contribution < -0.4 is 0 Å². The highest BCUT2D eigenvalue weighted by Gasteiger charge is 2.23. The van der Waals surface area contributed by atoms with E-state index in [0.717, 1.165) is 4.31 Å². The number of hydrogen-bond donors (Lipinski definition) is 1. The van der Waals surface area contributed by atoms with Crippen LogP contribution >= 0.6 is 0 Å². The summed E-state index contributed by atoms with van der Waals surface area (Å²) in [5.41, 5.74) is 0.428. The lowest BCUT2D eigenvalue weighted by Gasteiger charge is -2.19. The molecule has 0 heterocycles. The van der Waals surface area contributed by atoms with E-state index in [1.54, 1.807) is 6.92 Å². The first-order valence-corrected chi connectivity index (χ1v) is 7.56. The average Bonchev–Trinajstić information content (AvgIpc) is 2.38. The monoisotopic (exact) mass is 299 g/mol. The van der Waals surface area contributed by atoms with Crippen LogP contribution in [0.15, 0.2) is 29.2 Å². The van der Waals surface area contributed by atoms with Gasteiger partial charge in [-0.05, 0) is 19.1 Å². The standard InChI is InChI=1S/C13H17NO5S/c1-3-14(9-8-13(16)17)20(18,19)12-6-4-11(5-7-12)10(2)15/h4-7H,3,8-9H2,1-2H3,(H,16,17). The Labute approximate surface area is 118 Å². The van der Waals surface area contributed by atoms with Gasteiger partial charge >= 0.3 is 5.97 Å². The van der Waals surface area contributed by atoms with Crippen LogP contribution in [0.2, 0.25) is 0 Å². The molecule has 0 amide bonds. The van der Waals surface area contributed by atoms with Gasteiger partial charge in [0.2, 0.25) is 10.0 Å². The fraction of sp³-hybridized carbons (Fsp3) is 0.385. The molecule has 0 aliphatic carbocycles. The van der Waals surface area contributed by atoms with E-state index in [4.69, 9.17) is 5.11 Å². The number of carbonyl (C=O) groups is 2. The van der Waals surface area contributed by atoms with E-state index in [-0.39, 0.29) is 30.2 Å². The van der Waals surface area contributed by atoms with E-state index in [2.05, 4.69) is 0 Å². The number of carbonyl (C=O) groups excluding carboxylic acids is 1. The summed E-state index contributed by atoms with van der Waals surface area (Å²) < 4.78 is 25.7. The summed E-state index contributed by atoms with van der Waals surface area (Å²) in [6.07, 6.45) is -0.251. The van der Waals surface area contributed by atoms with Crippen molar-refractivity contribution in [3.63, 3.8) is 0 Å². The van der Waals surface area contributed by atoms with Crippen molar-refractivity contribution in [1.29, 1.82) is 0 Å². The van der Waals surface area contributed by atoms with Gasteiger partial charge in [-0.2, -0.15) is 4.31 Å². The quantitative estimate of drug-likeness (QED) is 0.768. The van der Waals surface area contributed by atoms with Gasteiger partial charge in [-0.25, -0.2) is 8.42 Å².